The van der Waals surface area contributed by atoms with Crippen LogP contribution in [0.15, 0.2) is 30.5 Å². The van der Waals surface area contributed by atoms with E-state index in [4.69, 9.17) is 4.74 Å². The molecule has 2 fully saturated rings. The largest absolute Gasteiger partial charge is 0.480 e. The number of H-pyrrole nitrogens is 1. The standard InChI is InChI=1S/C23H29N7O2/c1-29-9-3-4-19(29)18-12-15-14-25-20(13-17(15)26-18)27-22(31)16-5-6-21(28-23(16)32-2)30-10-7-24-8-11-30/h5-6,12-14,19,24,26H,3-4,7-11H2,1-2H3,(H,25,27,31)/t19-/m1/s1. The van der Waals surface area contributed by atoms with Crippen molar-refractivity contribution in [1.29, 1.82) is 0 Å². The highest BCUT2D eigenvalue weighted by Gasteiger charge is 2.24. The van der Waals surface area contributed by atoms with Crippen molar-refractivity contribution in [2.24, 2.45) is 0 Å². The van der Waals surface area contributed by atoms with E-state index in [1.807, 2.05) is 12.1 Å². The lowest BCUT2D eigenvalue weighted by Gasteiger charge is -2.28. The van der Waals surface area contributed by atoms with Crippen LogP contribution in [-0.2, 0) is 0 Å². The van der Waals surface area contributed by atoms with Crippen molar-refractivity contribution in [3.05, 3.63) is 41.7 Å². The van der Waals surface area contributed by atoms with Gasteiger partial charge in [-0.3, -0.25) is 9.69 Å². The quantitative estimate of drug-likeness (QED) is 0.566. The fraction of sp³-hybridized carbons (Fsp3) is 0.435. The molecule has 0 saturated carbocycles. The van der Waals surface area contributed by atoms with Crippen LogP contribution in [0.25, 0.3) is 10.9 Å². The molecule has 0 bridgehead atoms. The van der Waals surface area contributed by atoms with Gasteiger partial charge in [0.15, 0.2) is 0 Å². The number of nitrogens with zero attached hydrogens (tertiary/aromatic N) is 4. The number of rotatable bonds is 5. The molecule has 0 spiro atoms. The van der Waals surface area contributed by atoms with Gasteiger partial charge in [-0.2, -0.15) is 4.98 Å². The molecule has 3 aromatic rings. The maximum atomic E-state index is 13.0. The number of nitrogens with one attached hydrogen (secondary N) is 3. The molecule has 3 aromatic heterocycles. The number of amides is 1. The first-order chi connectivity index (χ1) is 15.6. The number of hydrogen-bond acceptors (Lipinski definition) is 7. The molecule has 2 saturated heterocycles. The van der Waals surface area contributed by atoms with Crippen LogP contribution in [0.4, 0.5) is 11.6 Å². The Bertz CT molecular complexity index is 1120. The van der Waals surface area contributed by atoms with Gasteiger partial charge in [-0.15, -0.1) is 0 Å². The predicted molar refractivity (Wildman–Crippen MR) is 125 cm³/mol. The molecule has 9 nitrogen and oxygen atoms in total. The Labute approximate surface area is 187 Å². The first-order valence-electron chi connectivity index (χ1n) is 11.1. The van der Waals surface area contributed by atoms with Crippen molar-refractivity contribution >= 4 is 28.4 Å². The smallest absolute Gasteiger partial charge is 0.262 e. The first-order valence-corrected chi connectivity index (χ1v) is 11.1. The number of likely N-dealkylation sites (tertiary alicyclic amines) is 1. The maximum Gasteiger partial charge on any atom is 0.262 e. The minimum atomic E-state index is -0.296. The van der Waals surface area contributed by atoms with Gasteiger partial charge in [0.25, 0.3) is 5.91 Å². The van der Waals surface area contributed by atoms with Crippen LogP contribution in [0.5, 0.6) is 5.88 Å². The van der Waals surface area contributed by atoms with E-state index < -0.39 is 0 Å². The van der Waals surface area contributed by atoms with Gasteiger partial charge in [-0.1, -0.05) is 0 Å². The lowest BCUT2D eigenvalue weighted by Crippen LogP contribution is -2.43. The minimum absolute atomic E-state index is 0.296. The van der Waals surface area contributed by atoms with Crippen LogP contribution in [0.1, 0.15) is 34.9 Å². The van der Waals surface area contributed by atoms with Crippen molar-refractivity contribution in [2.45, 2.75) is 18.9 Å². The van der Waals surface area contributed by atoms with Gasteiger partial charge in [-0.25, -0.2) is 4.98 Å². The fourth-order valence-electron chi connectivity index (χ4n) is 4.61. The van der Waals surface area contributed by atoms with Crippen LogP contribution in [0.2, 0.25) is 0 Å². The first kappa shape index (κ1) is 20.7. The van der Waals surface area contributed by atoms with E-state index in [0.717, 1.165) is 55.9 Å². The van der Waals surface area contributed by atoms with E-state index in [1.165, 1.54) is 19.2 Å². The molecule has 2 aliphatic rings. The molecule has 2 aliphatic heterocycles. The van der Waals surface area contributed by atoms with Crippen LogP contribution in [-0.4, -0.2) is 72.6 Å². The summed E-state index contributed by atoms with van der Waals surface area (Å²) in [5, 5.41) is 7.25. The summed E-state index contributed by atoms with van der Waals surface area (Å²) in [6.45, 7) is 4.69. The monoisotopic (exact) mass is 435 g/mol. The highest BCUT2D eigenvalue weighted by atomic mass is 16.5. The summed E-state index contributed by atoms with van der Waals surface area (Å²) < 4.78 is 5.43. The number of ether oxygens (including phenoxy) is 1. The van der Waals surface area contributed by atoms with E-state index in [1.54, 1.807) is 12.3 Å². The molecule has 5 heterocycles. The van der Waals surface area contributed by atoms with E-state index in [0.29, 0.717) is 23.3 Å². The third-order valence-corrected chi connectivity index (χ3v) is 6.37. The zero-order valence-electron chi connectivity index (χ0n) is 18.5. The van der Waals surface area contributed by atoms with E-state index in [2.05, 4.69) is 48.5 Å². The van der Waals surface area contributed by atoms with E-state index in [9.17, 15) is 4.79 Å². The Balaban J connectivity index is 1.34. The third kappa shape index (κ3) is 4.01. The minimum Gasteiger partial charge on any atom is -0.480 e. The van der Waals surface area contributed by atoms with E-state index in [-0.39, 0.29) is 5.91 Å². The van der Waals surface area contributed by atoms with Crippen LogP contribution in [0.3, 0.4) is 0 Å². The number of anilines is 2. The second-order valence-electron chi connectivity index (χ2n) is 8.44. The summed E-state index contributed by atoms with van der Waals surface area (Å²) in [5.74, 6) is 1.32. The van der Waals surface area contributed by atoms with Gasteiger partial charge in [-0.05, 0) is 44.6 Å². The molecule has 1 amide bonds. The van der Waals surface area contributed by atoms with Gasteiger partial charge in [0.1, 0.15) is 17.2 Å². The number of carbonyl (C=O) groups excluding carboxylic acids is 1. The van der Waals surface area contributed by atoms with Crippen molar-refractivity contribution in [1.82, 2.24) is 25.2 Å². The van der Waals surface area contributed by atoms with Gasteiger partial charge in [0.05, 0.1) is 12.6 Å². The molecule has 32 heavy (non-hydrogen) atoms. The number of pyridine rings is 2. The topological polar surface area (TPSA) is 98.4 Å². The molecule has 5 rings (SSSR count). The Morgan fingerprint density at radius 2 is 2.06 bits per heavy atom. The van der Waals surface area contributed by atoms with Crippen molar-refractivity contribution in [2.75, 3.05) is 57.1 Å². The highest BCUT2D eigenvalue weighted by molar-refractivity contribution is 6.06. The summed E-state index contributed by atoms with van der Waals surface area (Å²) in [6.07, 6.45) is 4.15. The normalized spacial score (nSPS) is 19.4. The number of hydrogen-bond donors (Lipinski definition) is 3. The Kier molecular flexibility index (Phi) is 5.67. The molecule has 0 radical (unpaired) electrons. The second kappa shape index (κ2) is 8.76. The molecule has 168 valence electrons. The Morgan fingerprint density at radius 3 is 2.81 bits per heavy atom. The van der Waals surface area contributed by atoms with Crippen LogP contribution < -0.4 is 20.3 Å². The average Bonchev–Trinajstić information content (AvgIpc) is 3.44. The Morgan fingerprint density at radius 1 is 1.22 bits per heavy atom. The summed E-state index contributed by atoms with van der Waals surface area (Å²) in [5.41, 5.74) is 2.54. The molecule has 0 aromatic carbocycles. The summed E-state index contributed by atoms with van der Waals surface area (Å²) in [7, 11) is 3.69. The number of aromatic amines is 1. The zero-order chi connectivity index (χ0) is 22.1. The molecule has 0 aliphatic carbocycles. The van der Waals surface area contributed by atoms with Crippen molar-refractivity contribution in [3.63, 3.8) is 0 Å². The second-order valence-corrected chi connectivity index (χ2v) is 8.44. The third-order valence-electron chi connectivity index (χ3n) is 6.37. The molecule has 3 N–H and O–H groups in total. The fourth-order valence-corrected chi connectivity index (χ4v) is 4.61. The van der Waals surface area contributed by atoms with Crippen LogP contribution >= 0.6 is 0 Å². The SMILES string of the molecule is COc1nc(N2CCNCC2)ccc1C(=O)Nc1cc2[nH]c([C@H]3CCCN3C)cc2cn1. The van der Waals surface area contributed by atoms with Gasteiger partial charge in [0, 0.05) is 55.6 Å². The van der Waals surface area contributed by atoms with Crippen molar-refractivity contribution in [3.8, 4) is 5.88 Å². The lowest BCUT2D eigenvalue weighted by molar-refractivity contribution is 0.102. The molecular weight excluding hydrogens is 406 g/mol. The highest BCUT2D eigenvalue weighted by Crippen LogP contribution is 2.32. The molecule has 0 unspecified atom stereocenters. The predicted octanol–water partition coefficient (Wildman–Crippen LogP) is 2.40. The van der Waals surface area contributed by atoms with Gasteiger partial charge < -0.3 is 25.3 Å². The molecule has 1 atom stereocenters. The Hall–Kier alpha value is -3.17. The maximum absolute atomic E-state index is 13.0. The van der Waals surface area contributed by atoms with Crippen molar-refractivity contribution < 1.29 is 9.53 Å². The number of piperazine rings is 1. The molecular formula is C23H29N7O2. The summed E-state index contributed by atoms with van der Waals surface area (Å²) in [6, 6.07) is 8.07. The molecule has 9 heteroatoms. The summed E-state index contributed by atoms with van der Waals surface area (Å²) >= 11 is 0. The van der Waals surface area contributed by atoms with E-state index >= 15 is 0 Å². The number of aromatic nitrogens is 3. The van der Waals surface area contributed by atoms with Gasteiger partial charge >= 0.3 is 0 Å². The number of methoxy groups -OCH3 is 1. The lowest BCUT2D eigenvalue weighted by atomic mass is 10.1. The van der Waals surface area contributed by atoms with Gasteiger partial charge in [0.2, 0.25) is 5.88 Å². The number of carbonyl (C=O) groups is 1. The zero-order valence-corrected chi connectivity index (χ0v) is 18.5. The summed E-state index contributed by atoms with van der Waals surface area (Å²) in [4.78, 5) is 30.0. The van der Waals surface area contributed by atoms with Crippen LogP contribution in [0, 0.1) is 0 Å². The number of fused-ring (bicyclic) bond motifs is 1. The average molecular weight is 436 g/mol.